The van der Waals surface area contributed by atoms with Gasteiger partial charge in [0.25, 0.3) is 0 Å². The van der Waals surface area contributed by atoms with Gasteiger partial charge in [-0.1, -0.05) is 6.58 Å². The fourth-order valence-electron chi connectivity index (χ4n) is 3.00. The molecule has 0 aliphatic carbocycles. The van der Waals surface area contributed by atoms with Crippen LogP contribution < -0.4 is 0 Å². The molecule has 3 saturated heterocycles. The highest BCUT2D eigenvalue weighted by atomic mass is 31.2. The molecule has 0 spiro atoms. The van der Waals surface area contributed by atoms with E-state index in [9.17, 15) is 4.57 Å². The van der Waals surface area contributed by atoms with Crippen LogP contribution >= 0.6 is 7.60 Å². The zero-order valence-electron chi connectivity index (χ0n) is 12.1. The van der Waals surface area contributed by atoms with E-state index in [0.717, 1.165) is 50.3 Å². The molecule has 0 radical (unpaired) electrons. The largest absolute Gasteiger partial charge is 0.362 e. The summed E-state index contributed by atoms with van der Waals surface area (Å²) < 4.78 is 24.5. The fourth-order valence-corrected chi connectivity index (χ4v) is 4.59. The van der Waals surface area contributed by atoms with E-state index < -0.39 is 7.60 Å². The van der Waals surface area contributed by atoms with Gasteiger partial charge in [-0.15, -0.1) is 0 Å². The minimum absolute atomic E-state index is 0.393. The lowest BCUT2D eigenvalue weighted by molar-refractivity contribution is -0.936. The third-order valence-corrected chi connectivity index (χ3v) is 6.29. The summed E-state index contributed by atoms with van der Waals surface area (Å²) in [6.45, 7) is 16.0. The van der Waals surface area contributed by atoms with Crippen LogP contribution in [0.2, 0.25) is 0 Å². The molecule has 5 nitrogen and oxygen atoms in total. The van der Waals surface area contributed by atoms with Crippen molar-refractivity contribution in [3.05, 3.63) is 11.9 Å². The quantitative estimate of drug-likeness (QED) is 0.530. The van der Waals surface area contributed by atoms with E-state index in [0.29, 0.717) is 18.5 Å². The van der Waals surface area contributed by atoms with Crippen molar-refractivity contribution in [2.24, 2.45) is 0 Å². The second-order valence-corrected chi connectivity index (χ2v) is 7.56. The number of hydrogen-bond acceptors (Lipinski definition) is 4. The molecule has 110 valence electrons. The van der Waals surface area contributed by atoms with Crippen molar-refractivity contribution >= 4 is 7.60 Å². The molecule has 3 heterocycles. The van der Waals surface area contributed by atoms with Gasteiger partial charge in [-0.05, 0) is 13.8 Å². The van der Waals surface area contributed by atoms with Crippen molar-refractivity contribution in [3.63, 3.8) is 0 Å². The first-order valence-electron chi connectivity index (χ1n) is 7.18. The molecule has 3 rings (SSSR count). The van der Waals surface area contributed by atoms with E-state index in [1.54, 1.807) is 0 Å². The smallest absolute Gasteiger partial charge is 0.316 e. The number of hydrogen-bond donors (Lipinski definition) is 0. The molecule has 0 aromatic carbocycles. The molecule has 0 atom stereocenters. The van der Waals surface area contributed by atoms with Gasteiger partial charge >= 0.3 is 7.60 Å². The molecule has 3 fully saturated rings. The van der Waals surface area contributed by atoms with Crippen molar-refractivity contribution in [2.45, 2.75) is 13.8 Å². The van der Waals surface area contributed by atoms with Gasteiger partial charge < -0.3 is 13.5 Å². The Morgan fingerprint density at radius 2 is 1.63 bits per heavy atom. The summed E-state index contributed by atoms with van der Waals surface area (Å²) >= 11 is 0. The van der Waals surface area contributed by atoms with Crippen LogP contribution in [0.25, 0.3) is 0 Å². The number of rotatable bonds is 7. The summed E-state index contributed by atoms with van der Waals surface area (Å²) in [6, 6.07) is 0. The highest BCUT2D eigenvalue weighted by Crippen LogP contribution is 2.55. The van der Waals surface area contributed by atoms with E-state index in [1.165, 1.54) is 0 Å². The topological polar surface area (TPSA) is 38.8 Å². The third-order valence-electron chi connectivity index (χ3n) is 4.18. The first-order chi connectivity index (χ1) is 9.03. The first-order valence-corrected chi connectivity index (χ1v) is 8.73. The van der Waals surface area contributed by atoms with Crippen LogP contribution in [0.1, 0.15) is 13.8 Å². The standard InChI is InChI=1S/C13H26N2O3P/c1-4-17-19(16,18-5-2)13(3)12-15-9-6-14(7-10-15)8-11-15/h3-12H2,1-2H3/q+1. The molecule has 0 saturated carbocycles. The Kier molecular flexibility index (Phi) is 4.85. The second kappa shape index (κ2) is 6.06. The van der Waals surface area contributed by atoms with Gasteiger partial charge in [0.15, 0.2) is 0 Å². The Hall–Kier alpha value is -0.190. The van der Waals surface area contributed by atoms with E-state index >= 15 is 0 Å². The summed E-state index contributed by atoms with van der Waals surface area (Å²) in [5.41, 5.74) is 0. The second-order valence-electron chi connectivity index (χ2n) is 5.41. The lowest BCUT2D eigenvalue weighted by Crippen LogP contribution is -2.67. The molecular formula is C13H26N2O3P+. The average molecular weight is 289 g/mol. The van der Waals surface area contributed by atoms with E-state index in [-0.39, 0.29) is 0 Å². The zero-order chi connectivity index (χ0) is 13.9. The van der Waals surface area contributed by atoms with Crippen LogP contribution in [-0.4, -0.2) is 68.4 Å². The molecule has 0 unspecified atom stereocenters. The summed E-state index contributed by atoms with van der Waals surface area (Å²) in [5, 5.41) is 0.645. The van der Waals surface area contributed by atoms with Crippen molar-refractivity contribution in [1.29, 1.82) is 0 Å². The highest BCUT2D eigenvalue weighted by Gasteiger charge is 2.42. The van der Waals surface area contributed by atoms with Crippen molar-refractivity contribution in [3.8, 4) is 0 Å². The van der Waals surface area contributed by atoms with Gasteiger partial charge in [0.05, 0.1) is 38.2 Å². The lowest BCUT2D eigenvalue weighted by Gasteiger charge is -2.50. The predicted octanol–water partition coefficient (Wildman–Crippen LogP) is 1.91. The Balaban J connectivity index is 2.04. The van der Waals surface area contributed by atoms with Crippen molar-refractivity contribution < 1.29 is 18.1 Å². The van der Waals surface area contributed by atoms with Crippen LogP contribution in [0.4, 0.5) is 0 Å². The molecule has 6 heteroatoms. The minimum atomic E-state index is -3.14. The Bertz CT molecular complexity index is 354. The molecule has 2 bridgehead atoms. The molecule has 0 aromatic heterocycles. The Morgan fingerprint density at radius 3 is 2.05 bits per heavy atom. The molecule has 3 aliphatic rings. The van der Waals surface area contributed by atoms with E-state index in [4.69, 9.17) is 9.05 Å². The van der Waals surface area contributed by atoms with E-state index in [1.807, 2.05) is 13.8 Å². The summed E-state index contributed by atoms with van der Waals surface area (Å²) in [7, 11) is -3.14. The predicted molar refractivity (Wildman–Crippen MR) is 76.2 cm³/mol. The van der Waals surface area contributed by atoms with Gasteiger partial charge in [0.2, 0.25) is 0 Å². The van der Waals surface area contributed by atoms with E-state index in [2.05, 4.69) is 11.5 Å². The van der Waals surface area contributed by atoms with Crippen LogP contribution in [0.5, 0.6) is 0 Å². The SMILES string of the molecule is C=C(C[N+]12CCN(CC1)CC2)P(=O)(OCC)OCC. The maximum atomic E-state index is 12.7. The van der Waals surface area contributed by atoms with Gasteiger partial charge in [-0.3, -0.25) is 9.46 Å². The molecule has 19 heavy (non-hydrogen) atoms. The van der Waals surface area contributed by atoms with Crippen molar-refractivity contribution in [2.75, 3.05) is 59.0 Å². The lowest BCUT2D eigenvalue weighted by atomic mass is 10.1. The van der Waals surface area contributed by atoms with Gasteiger partial charge in [-0.25, -0.2) is 0 Å². The number of quaternary nitrogens is 1. The van der Waals surface area contributed by atoms with Gasteiger partial charge in [-0.2, -0.15) is 0 Å². The van der Waals surface area contributed by atoms with Gasteiger partial charge in [0, 0.05) is 19.6 Å². The molecule has 0 amide bonds. The summed E-state index contributed by atoms with van der Waals surface area (Å²) in [4.78, 5) is 2.49. The van der Waals surface area contributed by atoms with Crippen LogP contribution in [-0.2, 0) is 13.6 Å². The molecule has 0 N–H and O–H groups in total. The van der Waals surface area contributed by atoms with Crippen LogP contribution in [0.3, 0.4) is 0 Å². The van der Waals surface area contributed by atoms with Gasteiger partial charge in [0.1, 0.15) is 6.54 Å². The average Bonchev–Trinajstić information content (AvgIpc) is 2.41. The normalized spacial score (nSPS) is 30.5. The monoisotopic (exact) mass is 289 g/mol. The summed E-state index contributed by atoms with van der Waals surface area (Å²) in [6.07, 6.45) is 0. The maximum absolute atomic E-state index is 12.7. The Morgan fingerprint density at radius 1 is 1.16 bits per heavy atom. The third kappa shape index (κ3) is 3.29. The zero-order valence-corrected chi connectivity index (χ0v) is 13.0. The molecular weight excluding hydrogens is 263 g/mol. The highest BCUT2D eigenvalue weighted by molar-refractivity contribution is 7.58. The summed E-state index contributed by atoms with van der Waals surface area (Å²) in [5.74, 6) is 0. The van der Waals surface area contributed by atoms with Crippen LogP contribution in [0.15, 0.2) is 11.9 Å². The molecule has 0 aromatic rings. The first kappa shape index (κ1) is 15.2. The van der Waals surface area contributed by atoms with Crippen LogP contribution in [0, 0.1) is 0 Å². The Labute approximate surface area is 116 Å². The fraction of sp³-hybridized carbons (Fsp3) is 0.846. The number of fused-ring (bicyclic) bond motifs is 3. The minimum Gasteiger partial charge on any atom is -0.316 e. The maximum Gasteiger partial charge on any atom is 0.362 e. The molecule has 3 aliphatic heterocycles. The van der Waals surface area contributed by atoms with Crippen molar-refractivity contribution in [1.82, 2.24) is 4.90 Å². The number of piperazine rings is 3. The number of nitrogens with zero attached hydrogens (tertiary/aromatic N) is 2.